The average Bonchev–Trinajstić information content (AvgIpc) is 2.59. The molecule has 2 rings (SSSR count). The fraction of sp³-hybridized carbons (Fsp3) is 0.667. The minimum atomic E-state index is -3.28. The van der Waals surface area contributed by atoms with E-state index in [0.717, 1.165) is 17.9 Å². The van der Waals surface area contributed by atoms with Crippen molar-refractivity contribution in [1.82, 2.24) is 9.21 Å². The Morgan fingerprint density at radius 2 is 1.84 bits per heavy atom. The van der Waals surface area contributed by atoms with Crippen LogP contribution in [0.2, 0.25) is 0 Å². The minimum Gasteiger partial charge on any atom is -0.497 e. The van der Waals surface area contributed by atoms with Crippen LogP contribution in [-0.4, -0.2) is 75.9 Å². The summed E-state index contributed by atoms with van der Waals surface area (Å²) in [5.74, 6) is 0.876. The maximum Gasteiger partial charge on any atom is 0.214 e. The molecule has 0 spiro atoms. The zero-order valence-electron chi connectivity index (χ0n) is 15.6. The zero-order chi connectivity index (χ0) is 18.4. The van der Waals surface area contributed by atoms with Gasteiger partial charge in [0.2, 0.25) is 10.0 Å². The molecule has 1 saturated heterocycles. The summed E-state index contributed by atoms with van der Waals surface area (Å²) < 4.78 is 37.6. The van der Waals surface area contributed by atoms with E-state index < -0.39 is 10.0 Å². The molecule has 1 fully saturated rings. The van der Waals surface area contributed by atoms with E-state index in [9.17, 15) is 8.42 Å². The first kappa shape index (κ1) is 20.2. The minimum absolute atomic E-state index is 0.123. The summed E-state index contributed by atoms with van der Waals surface area (Å²) in [6, 6.07) is 7.95. The molecule has 0 N–H and O–H groups in total. The van der Waals surface area contributed by atoms with Crippen molar-refractivity contribution >= 4 is 10.0 Å². The van der Waals surface area contributed by atoms with Gasteiger partial charge >= 0.3 is 0 Å². The van der Waals surface area contributed by atoms with Crippen molar-refractivity contribution in [1.29, 1.82) is 0 Å². The van der Waals surface area contributed by atoms with Crippen LogP contribution in [0.1, 0.15) is 19.4 Å². The Morgan fingerprint density at radius 1 is 1.16 bits per heavy atom. The Morgan fingerprint density at radius 3 is 2.44 bits per heavy atom. The van der Waals surface area contributed by atoms with Gasteiger partial charge in [-0.2, -0.15) is 4.31 Å². The first-order valence-corrected chi connectivity index (χ1v) is 10.3. The molecule has 1 aromatic rings. The smallest absolute Gasteiger partial charge is 0.214 e. The van der Waals surface area contributed by atoms with Gasteiger partial charge in [0.1, 0.15) is 5.75 Å². The Bertz CT molecular complexity index is 638. The van der Waals surface area contributed by atoms with Crippen molar-refractivity contribution < 1.29 is 17.9 Å². The predicted octanol–water partition coefficient (Wildman–Crippen LogP) is 1.61. The number of ether oxygens (including phenoxy) is 2. The molecule has 1 heterocycles. The topological polar surface area (TPSA) is 59.1 Å². The third-order valence-electron chi connectivity index (χ3n) is 4.80. The second kappa shape index (κ2) is 8.98. The molecule has 2 unspecified atom stereocenters. The lowest BCUT2D eigenvalue weighted by Crippen LogP contribution is -2.58. The molecule has 0 aliphatic carbocycles. The van der Waals surface area contributed by atoms with Gasteiger partial charge < -0.3 is 9.47 Å². The second-order valence-corrected chi connectivity index (χ2v) is 8.75. The van der Waals surface area contributed by atoms with Crippen LogP contribution in [-0.2, 0) is 21.2 Å². The van der Waals surface area contributed by atoms with Gasteiger partial charge in [-0.3, -0.25) is 4.90 Å². The lowest BCUT2D eigenvalue weighted by molar-refractivity contribution is 0.0496. The highest BCUT2D eigenvalue weighted by Gasteiger charge is 2.34. The number of benzene rings is 1. The first-order valence-electron chi connectivity index (χ1n) is 8.73. The Kier molecular flexibility index (Phi) is 7.25. The van der Waals surface area contributed by atoms with Gasteiger partial charge in [-0.25, -0.2) is 8.42 Å². The molecule has 1 aromatic carbocycles. The number of methoxy groups -OCH3 is 2. The number of hydrogen-bond acceptors (Lipinski definition) is 5. The lowest BCUT2D eigenvalue weighted by atomic mass is 10.1. The molecule has 142 valence electrons. The van der Waals surface area contributed by atoms with Crippen LogP contribution in [0.25, 0.3) is 0 Å². The molecule has 0 saturated carbocycles. The van der Waals surface area contributed by atoms with Crippen molar-refractivity contribution in [3.8, 4) is 5.75 Å². The van der Waals surface area contributed by atoms with E-state index in [2.05, 4.69) is 18.7 Å². The summed E-state index contributed by atoms with van der Waals surface area (Å²) in [5.41, 5.74) is 0.975. The highest BCUT2D eigenvalue weighted by molar-refractivity contribution is 7.89. The molecule has 0 bridgehead atoms. The molecule has 0 amide bonds. The Hall–Kier alpha value is -1.15. The number of aryl methyl sites for hydroxylation is 1. The predicted molar refractivity (Wildman–Crippen MR) is 99.6 cm³/mol. The highest BCUT2D eigenvalue weighted by atomic mass is 32.2. The van der Waals surface area contributed by atoms with Gasteiger partial charge in [-0.05, 0) is 38.0 Å². The molecule has 2 atom stereocenters. The fourth-order valence-corrected chi connectivity index (χ4v) is 5.01. The fourth-order valence-electron chi connectivity index (χ4n) is 3.38. The second-order valence-electron chi connectivity index (χ2n) is 6.66. The van der Waals surface area contributed by atoms with Crippen LogP contribution in [0.4, 0.5) is 0 Å². The summed E-state index contributed by atoms with van der Waals surface area (Å²) in [6.07, 6.45) is 0.492. The molecular formula is C18H30N2O4S. The Balaban J connectivity index is 1.97. The lowest BCUT2D eigenvalue weighted by Gasteiger charge is -2.43. The molecule has 6 nitrogen and oxygen atoms in total. The van der Waals surface area contributed by atoms with E-state index in [4.69, 9.17) is 9.47 Å². The first-order chi connectivity index (χ1) is 11.9. The summed E-state index contributed by atoms with van der Waals surface area (Å²) in [7, 11) is 0.0256. The SMILES string of the molecule is COCCN1C(C)CN(S(=O)(=O)CCc2cccc(OC)c2)CC1C. The maximum atomic E-state index is 12.8. The van der Waals surface area contributed by atoms with Crippen LogP contribution in [0.5, 0.6) is 5.75 Å². The van der Waals surface area contributed by atoms with Crippen molar-refractivity contribution in [2.24, 2.45) is 0 Å². The number of piperazine rings is 1. The van der Waals surface area contributed by atoms with Gasteiger partial charge in [0.15, 0.2) is 0 Å². The normalized spacial score (nSPS) is 22.9. The van der Waals surface area contributed by atoms with E-state index >= 15 is 0 Å². The zero-order valence-corrected chi connectivity index (χ0v) is 16.5. The van der Waals surface area contributed by atoms with E-state index in [1.807, 2.05) is 24.3 Å². The number of hydrogen-bond donors (Lipinski definition) is 0. The van der Waals surface area contributed by atoms with Crippen molar-refractivity contribution in [3.63, 3.8) is 0 Å². The average molecular weight is 371 g/mol. The molecule has 0 aromatic heterocycles. The summed E-state index contributed by atoms with van der Waals surface area (Å²) in [4.78, 5) is 2.32. The van der Waals surface area contributed by atoms with E-state index in [-0.39, 0.29) is 17.8 Å². The van der Waals surface area contributed by atoms with E-state index in [1.165, 1.54) is 0 Å². The van der Waals surface area contributed by atoms with Gasteiger partial charge in [-0.1, -0.05) is 12.1 Å². The molecule has 7 heteroatoms. The quantitative estimate of drug-likeness (QED) is 0.696. The number of nitrogens with zero attached hydrogens (tertiary/aromatic N) is 2. The van der Waals surface area contributed by atoms with E-state index in [0.29, 0.717) is 26.1 Å². The number of sulfonamides is 1. The van der Waals surface area contributed by atoms with Gasteiger partial charge in [0, 0.05) is 38.8 Å². The Labute approximate surface area is 151 Å². The molecule has 0 radical (unpaired) electrons. The third-order valence-corrected chi connectivity index (χ3v) is 6.60. The van der Waals surface area contributed by atoms with Crippen LogP contribution < -0.4 is 4.74 Å². The highest BCUT2D eigenvalue weighted by Crippen LogP contribution is 2.20. The summed E-state index contributed by atoms with van der Waals surface area (Å²) in [5, 5.41) is 0. The van der Waals surface area contributed by atoms with Gasteiger partial charge in [-0.15, -0.1) is 0 Å². The molecule has 1 aliphatic heterocycles. The summed E-state index contributed by atoms with van der Waals surface area (Å²) in [6.45, 7) is 6.72. The van der Waals surface area contributed by atoms with Gasteiger partial charge in [0.25, 0.3) is 0 Å². The standard InChI is InChI=1S/C18H30N2O4S/c1-15-13-19(14-16(2)20(15)9-10-23-3)25(21,22)11-8-17-6-5-7-18(12-17)24-4/h5-7,12,15-16H,8-11,13-14H2,1-4H3. The molecule has 25 heavy (non-hydrogen) atoms. The molecule has 1 aliphatic rings. The van der Waals surface area contributed by atoms with Crippen molar-refractivity contribution in [2.75, 3.05) is 46.2 Å². The van der Waals surface area contributed by atoms with Gasteiger partial charge in [0.05, 0.1) is 19.5 Å². The monoisotopic (exact) mass is 370 g/mol. The van der Waals surface area contributed by atoms with Crippen LogP contribution >= 0.6 is 0 Å². The van der Waals surface area contributed by atoms with E-state index in [1.54, 1.807) is 18.5 Å². The van der Waals surface area contributed by atoms with Crippen LogP contribution in [0, 0.1) is 0 Å². The number of rotatable bonds is 8. The molecular weight excluding hydrogens is 340 g/mol. The van der Waals surface area contributed by atoms with Crippen LogP contribution in [0.3, 0.4) is 0 Å². The largest absolute Gasteiger partial charge is 0.497 e. The maximum absolute atomic E-state index is 12.8. The third kappa shape index (κ3) is 5.41. The van der Waals surface area contributed by atoms with Crippen molar-refractivity contribution in [2.45, 2.75) is 32.4 Å². The van der Waals surface area contributed by atoms with Crippen LogP contribution in [0.15, 0.2) is 24.3 Å². The van der Waals surface area contributed by atoms with Crippen molar-refractivity contribution in [3.05, 3.63) is 29.8 Å². The summed E-state index contributed by atoms with van der Waals surface area (Å²) >= 11 is 0.